The fourth-order valence-corrected chi connectivity index (χ4v) is 2.36. The van der Waals surface area contributed by atoms with E-state index in [4.69, 9.17) is 5.73 Å². The molecule has 2 unspecified atom stereocenters. The van der Waals surface area contributed by atoms with Crippen LogP contribution in [0.5, 0.6) is 0 Å². The number of nitrogens with one attached hydrogen (secondary N) is 1. The molecule has 2 atom stereocenters. The zero-order valence-electron chi connectivity index (χ0n) is 10.5. The average molecular weight is 227 g/mol. The van der Waals surface area contributed by atoms with E-state index >= 15 is 0 Å². The van der Waals surface area contributed by atoms with Gasteiger partial charge in [0.1, 0.15) is 0 Å². The number of rotatable bonds is 6. The molecule has 0 aliphatic carbocycles. The first-order valence-corrected chi connectivity index (χ1v) is 6.44. The van der Waals surface area contributed by atoms with Crippen LogP contribution in [0.25, 0.3) is 0 Å². The van der Waals surface area contributed by atoms with Gasteiger partial charge in [-0.15, -0.1) is 0 Å². The quantitative estimate of drug-likeness (QED) is 0.697. The summed E-state index contributed by atoms with van der Waals surface area (Å²) in [6, 6.07) is 0.532. The van der Waals surface area contributed by atoms with Gasteiger partial charge >= 0.3 is 0 Å². The molecular formula is C12H25N3O. The van der Waals surface area contributed by atoms with Crippen LogP contribution >= 0.6 is 0 Å². The zero-order chi connectivity index (χ0) is 12.0. The predicted molar refractivity (Wildman–Crippen MR) is 66.1 cm³/mol. The van der Waals surface area contributed by atoms with E-state index in [1.165, 1.54) is 19.4 Å². The van der Waals surface area contributed by atoms with E-state index in [9.17, 15) is 4.79 Å². The van der Waals surface area contributed by atoms with Crippen LogP contribution in [0, 0.1) is 5.92 Å². The molecular weight excluding hydrogens is 202 g/mol. The Bertz CT molecular complexity index is 216. The molecule has 1 aliphatic heterocycles. The van der Waals surface area contributed by atoms with E-state index in [-0.39, 0.29) is 11.8 Å². The summed E-state index contributed by atoms with van der Waals surface area (Å²) in [4.78, 5) is 14.2. The topological polar surface area (TPSA) is 58.4 Å². The Hall–Kier alpha value is -0.610. The van der Waals surface area contributed by atoms with Gasteiger partial charge in [0.05, 0.1) is 0 Å². The number of amides is 1. The molecule has 1 heterocycles. The van der Waals surface area contributed by atoms with Crippen LogP contribution in [0.2, 0.25) is 0 Å². The minimum absolute atomic E-state index is 0.0171. The Morgan fingerprint density at radius 1 is 1.56 bits per heavy atom. The van der Waals surface area contributed by atoms with Gasteiger partial charge in [0, 0.05) is 25.0 Å². The van der Waals surface area contributed by atoms with Crippen LogP contribution in [0.15, 0.2) is 0 Å². The molecule has 1 aliphatic rings. The van der Waals surface area contributed by atoms with Crippen LogP contribution in [-0.2, 0) is 4.79 Å². The Morgan fingerprint density at radius 2 is 2.31 bits per heavy atom. The lowest BCUT2D eigenvalue weighted by Gasteiger charge is -2.23. The van der Waals surface area contributed by atoms with E-state index < -0.39 is 0 Å². The molecule has 1 saturated heterocycles. The lowest BCUT2D eigenvalue weighted by Crippen LogP contribution is -2.43. The number of nitrogens with zero attached hydrogens (tertiary/aromatic N) is 1. The van der Waals surface area contributed by atoms with Crippen LogP contribution in [0.1, 0.15) is 33.1 Å². The van der Waals surface area contributed by atoms with E-state index in [1.807, 2.05) is 6.92 Å². The Morgan fingerprint density at radius 3 is 2.88 bits per heavy atom. The summed E-state index contributed by atoms with van der Waals surface area (Å²) in [7, 11) is 0. The third-order valence-corrected chi connectivity index (χ3v) is 3.57. The summed E-state index contributed by atoms with van der Waals surface area (Å²) < 4.78 is 0. The Labute approximate surface area is 98.6 Å². The smallest absolute Gasteiger partial charge is 0.224 e. The van der Waals surface area contributed by atoms with Gasteiger partial charge in [0.25, 0.3) is 0 Å². The molecule has 1 fully saturated rings. The van der Waals surface area contributed by atoms with Crippen molar-refractivity contribution in [3.05, 3.63) is 0 Å². The van der Waals surface area contributed by atoms with Crippen molar-refractivity contribution in [2.24, 2.45) is 11.7 Å². The maximum Gasteiger partial charge on any atom is 0.224 e. The monoisotopic (exact) mass is 227 g/mol. The maximum atomic E-state index is 11.7. The second kappa shape index (κ2) is 6.86. The normalized spacial score (nSPS) is 23.3. The van der Waals surface area contributed by atoms with Gasteiger partial charge in [-0.2, -0.15) is 0 Å². The minimum Gasteiger partial charge on any atom is -0.354 e. The van der Waals surface area contributed by atoms with Gasteiger partial charge in [-0.1, -0.05) is 13.8 Å². The highest BCUT2D eigenvalue weighted by Gasteiger charge is 2.24. The summed E-state index contributed by atoms with van der Waals surface area (Å²) in [6.45, 7) is 7.66. The Kier molecular flexibility index (Phi) is 5.77. The van der Waals surface area contributed by atoms with Crippen LogP contribution in [-0.4, -0.2) is 43.0 Å². The summed E-state index contributed by atoms with van der Waals surface area (Å²) in [5.41, 5.74) is 5.55. The second-order valence-electron chi connectivity index (χ2n) is 4.51. The van der Waals surface area contributed by atoms with Crippen molar-refractivity contribution in [3.63, 3.8) is 0 Å². The average Bonchev–Trinajstić information content (AvgIpc) is 2.75. The molecule has 4 heteroatoms. The molecule has 0 spiro atoms. The maximum absolute atomic E-state index is 11.7. The fraction of sp³-hybridized carbons (Fsp3) is 0.917. The van der Waals surface area contributed by atoms with E-state index in [0.29, 0.717) is 12.6 Å². The van der Waals surface area contributed by atoms with Crippen LogP contribution in [0.3, 0.4) is 0 Å². The molecule has 1 amide bonds. The van der Waals surface area contributed by atoms with Gasteiger partial charge in [-0.25, -0.2) is 0 Å². The number of nitrogens with two attached hydrogens (primary N) is 1. The highest BCUT2D eigenvalue weighted by molar-refractivity contribution is 5.78. The van der Waals surface area contributed by atoms with Crippen molar-refractivity contribution in [2.75, 3.05) is 26.2 Å². The number of likely N-dealkylation sites (N-methyl/N-ethyl adjacent to an activating group) is 1. The van der Waals surface area contributed by atoms with Crippen molar-refractivity contribution in [1.82, 2.24) is 10.2 Å². The largest absolute Gasteiger partial charge is 0.354 e. The molecule has 0 bridgehead atoms. The molecule has 0 saturated carbocycles. The summed E-state index contributed by atoms with van der Waals surface area (Å²) in [5, 5.41) is 3.03. The highest BCUT2D eigenvalue weighted by atomic mass is 16.1. The second-order valence-corrected chi connectivity index (χ2v) is 4.51. The minimum atomic E-state index is -0.0171. The van der Waals surface area contributed by atoms with Crippen molar-refractivity contribution < 1.29 is 4.79 Å². The van der Waals surface area contributed by atoms with Gasteiger partial charge in [-0.05, 0) is 32.4 Å². The van der Waals surface area contributed by atoms with E-state index in [1.54, 1.807) is 0 Å². The van der Waals surface area contributed by atoms with Gasteiger partial charge in [0.15, 0.2) is 0 Å². The fourth-order valence-electron chi connectivity index (χ4n) is 2.36. The van der Waals surface area contributed by atoms with E-state index in [0.717, 1.165) is 19.5 Å². The molecule has 0 aromatic carbocycles. The number of carbonyl (C=O) groups excluding carboxylic acids is 1. The third-order valence-electron chi connectivity index (χ3n) is 3.57. The number of likely N-dealkylation sites (tertiary alicyclic amines) is 1. The number of carbonyl (C=O) groups is 1. The summed E-state index contributed by atoms with van der Waals surface area (Å²) >= 11 is 0. The van der Waals surface area contributed by atoms with Gasteiger partial charge < -0.3 is 11.1 Å². The van der Waals surface area contributed by atoms with Crippen LogP contribution < -0.4 is 11.1 Å². The number of hydrogen-bond acceptors (Lipinski definition) is 3. The standard InChI is InChI=1S/C12H25N3O/c1-3-10(8-13)12(16)14-9-11-6-5-7-15(11)4-2/h10-11H,3-9,13H2,1-2H3,(H,14,16). The molecule has 94 valence electrons. The molecule has 0 radical (unpaired) electrons. The highest BCUT2D eigenvalue weighted by Crippen LogP contribution is 2.15. The SMILES string of the molecule is CCC(CN)C(=O)NCC1CCCN1CC. The lowest BCUT2D eigenvalue weighted by molar-refractivity contribution is -0.125. The molecule has 0 aromatic rings. The molecule has 4 nitrogen and oxygen atoms in total. The molecule has 0 aromatic heterocycles. The summed E-state index contributed by atoms with van der Waals surface area (Å²) in [5.74, 6) is 0.101. The van der Waals surface area contributed by atoms with E-state index in [2.05, 4.69) is 17.1 Å². The zero-order valence-corrected chi connectivity index (χ0v) is 10.5. The Balaban J connectivity index is 2.30. The summed E-state index contributed by atoms with van der Waals surface area (Å²) in [6.07, 6.45) is 3.28. The first-order chi connectivity index (χ1) is 7.72. The van der Waals surface area contributed by atoms with Crippen LogP contribution in [0.4, 0.5) is 0 Å². The predicted octanol–water partition coefficient (Wildman–Crippen LogP) is 0.572. The molecule has 1 rings (SSSR count). The van der Waals surface area contributed by atoms with Gasteiger partial charge in [-0.3, -0.25) is 9.69 Å². The lowest BCUT2D eigenvalue weighted by atomic mass is 10.1. The third kappa shape index (κ3) is 3.46. The van der Waals surface area contributed by atoms with Crippen molar-refractivity contribution in [2.45, 2.75) is 39.2 Å². The molecule has 16 heavy (non-hydrogen) atoms. The number of hydrogen-bond donors (Lipinski definition) is 2. The van der Waals surface area contributed by atoms with Crippen molar-refractivity contribution in [1.29, 1.82) is 0 Å². The first-order valence-electron chi connectivity index (χ1n) is 6.44. The van der Waals surface area contributed by atoms with Crippen molar-refractivity contribution >= 4 is 5.91 Å². The van der Waals surface area contributed by atoms with Gasteiger partial charge in [0.2, 0.25) is 5.91 Å². The molecule has 3 N–H and O–H groups in total. The first kappa shape index (κ1) is 13.5. The van der Waals surface area contributed by atoms with Crippen molar-refractivity contribution in [3.8, 4) is 0 Å².